The minimum Gasteiger partial charge on any atom is -0.335 e. The maximum atomic E-state index is 4.56. The van der Waals surface area contributed by atoms with E-state index in [0.717, 1.165) is 17.1 Å². The molecule has 0 fully saturated rings. The molecular weight excluding hydrogens is 268 g/mol. The number of imidazole rings is 1. The van der Waals surface area contributed by atoms with Gasteiger partial charge in [-0.1, -0.05) is 20.8 Å². The Morgan fingerprint density at radius 1 is 1.15 bits per heavy atom. The molecule has 0 spiro atoms. The van der Waals surface area contributed by atoms with Crippen molar-refractivity contribution in [3.63, 3.8) is 0 Å². The van der Waals surface area contributed by atoms with Gasteiger partial charge < -0.3 is 4.57 Å². The molecule has 0 radical (unpaired) electrons. The first-order valence-corrected chi connectivity index (χ1v) is 8.13. The summed E-state index contributed by atoms with van der Waals surface area (Å²) in [7, 11) is 0. The van der Waals surface area contributed by atoms with E-state index in [4.69, 9.17) is 0 Å². The molecule has 0 aliphatic heterocycles. The van der Waals surface area contributed by atoms with Gasteiger partial charge >= 0.3 is 0 Å². The summed E-state index contributed by atoms with van der Waals surface area (Å²) in [6, 6.07) is 2.56. The average molecular weight is 292 g/mol. The highest BCUT2D eigenvalue weighted by molar-refractivity contribution is 7.97. The number of hydrogen-bond donors (Lipinski definition) is 0. The maximum Gasteiger partial charge on any atom is 0.0951 e. The van der Waals surface area contributed by atoms with Crippen LogP contribution >= 0.6 is 11.9 Å². The maximum absolute atomic E-state index is 4.56. The van der Waals surface area contributed by atoms with Crippen LogP contribution in [0.2, 0.25) is 0 Å². The van der Waals surface area contributed by atoms with Crippen molar-refractivity contribution in [3.05, 3.63) is 36.2 Å². The van der Waals surface area contributed by atoms with Crippen LogP contribution in [-0.4, -0.2) is 24.5 Å². The molecule has 5 heteroatoms. The van der Waals surface area contributed by atoms with E-state index in [1.54, 1.807) is 11.9 Å². The fraction of sp³-hybridized carbons (Fsp3) is 0.600. The van der Waals surface area contributed by atoms with Crippen LogP contribution in [0.4, 0.5) is 0 Å². The lowest BCUT2D eigenvalue weighted by atomic mass is 10.1. The molecule has 20 heavy (non-hydrogen) atoms. The van der Waals surface area contributed by atoms with Crippen molar-refractivity contribution >= 4 is 11.9 Å². The van der Waals surface area contributed by atoms with Crippen molar-refractivity contribution in [2.24, 2.45) is 0 Å². The Hall–Kier alpha value is -1.23. The first kappa shape index (κ1) is 15.2. The predicted octanol–water partition coefficient (Wildman–Crippen LogP) is 4.08. The molecule has 0 saturated carbocycles. The summed E-state index contributed by atoms with van der Waals surface area (Å²) < 4.78 is 4.12. The van der Waals surface area contributed by atoms with Crippen LogP contribution in [-0.2, 0) is 0 Å². The van der Waals surface area contributed by atoms with E-state index in [1.165, 1.54) is 0 Å². The fourth-order valence-electron chi connectivity index (χ4n) is 1.86. The minimum absolute atomic E-state index is 0.423. The van der Waals surface area contributed by atoms with Gasteiger partial charge in [0.2, 0.25) is 0 Å². The molecule has 0 aliphatic carbocycles. The van der Waals surface area contributed by atoms with Crippen LogP contribution in [0.15, 0.2) is 24.8 Å². The Morgan fingerprint density at radius 3 is 2.45 bits per heavy atom. The number of rotatable bonds is 6. The van der Waals surface area contributed by atoms with Gasteiger partial charge in [-0.25, -0.2) is 9.07 Å². The second-order valence-corrected chi connectivity index (χ2v) is 6.80. The van der Waals surface area contributed by atoms with Crippen LogP contribution in [0, 0.1) is 0 Å². The first-order valence-electron chi connectivity index (χ1n) is 7.19. The van der Waals surface area contributed by atoms with Crippen LogP contribution in [0.25, 0.3) is 0 Å². The highest BCUT2D eigenvalue weighted by Gasteiger charge is 2.11. The first-order chi connectivity index (χ1) is 9.47. The summed E-state index contributed by atoms with van der Waals surface area (Å²) in [6.45, 7) is 10.9. The zero-order valence-corrected chi connectivity index (χ0v) is 13.8. The van der Waals surface area contributed by atoms with Gasteiger partial charge in [0.25, 0.3) is 0 Å². The number of aromatic nitrogens is 4. The largest absolute Gasteiger partial charge is 0.335 e. The topological polar surface area (TPSA) is 35.6 Å². The monoisotopic (exact) mass is 292 g/mol. The van der Waals surface area contributed by atoms with Gasteiger partial charge in [0.1, 0.15) is 0 Å². The van der Waals surface area contributed by atoms with Crippen LogP contribution in [0.1, 0.15) is 63.9 Å². The lowest BCUT2D eigenvalue weighted by Gasteiger charge is -2.08. The van der Waals surface area contributed by atoms with Gasteiger partial charge in [-0.3, -0.25) is 0 Å². The summed E-state index contributed by atoms with van der Waals surface area (Å²) in [5, 5.41) is 4.56. The molecule has 1 atom stereocenters. The Morgan fingerprint density at radius 2 is 1.90 bits per heavy atom. The lowest BCUT2D eigenvalue weighted by Crippen LogP contribution is -2.01. The normalized spacial score (nSPS) is 13.3. The minimum atomic E-state index is 0.423. The van der Waals surface area contributed by atoms with Gasteiger partial charge in [0, 0.05) is 30.1 Å². The molecule has 110 valence electrons. The Bertz CT molecular complexity index is 542. The molecule has 2 heterocycles. The molecule has 0 saturated heterocycles. The Labute approximate surface area is 125 Å². The van der Waals surface area contributed by atoms with Gasteiger partial charge in [0.15, 0.2) is 0 Å². The molecule has 2 aromatic rings. The van der Waals surface area contributed by atoms with E-state index >= 15 is 0 Å². The molecule has 0 N–H and O–H groups in total. The summed E-state index contributed by atoms with van der Waals surface area (Å²) in [6.07, 6.45) is 6.11. The third-order valence-electron chi connectivity index (χ3n) is 3.36. The number of hydrogen-bond acceptors (Lipinski definition) is 3. The zero-order valence-electron chi connectivity index (χ0n) is 12.9. The molecule has 0 bridgehead atoms. The number of nitrogens with zero attached hydrogens (tertiary/aromatic N) is 4. The molecule has 0 aromatic carbocycles. The zero-order chi connectivity index (χ0) is 14.7. The molecule has 0 aliphatic rings. The van der Waals surface area contributed by atoms with Gasteiger partial charge in [-0.05, 0) is 37.8 Å². The van der Waals surface area contributed by atoms with E-state index in [0.29, 0.717) is 17.9 Å². The second-order valence-electron chi connectivity index (χ2n) is 5.83. The predicted molar refractivity (Wildman–Crippen MR) is 85.2 cm³/mol. The highest BCUT2D eigenvalue weighted by Crippen LogP contribution is 2.21. The lowest BCUT2D eigenvalue weighted by molar-refractivity contribution is 0.598. The smallest absolute Gasteiger partial charge is 0.0951 e. The Balaban J connectivity index is 1.91. The molecule has 4 nitrogen and oxygen atoms in total. The summed E-state index contributed by atoms with van der Waals surface area (Å²) in [4.78, 5) is 4.50. The van der Waals surface area contributed by atoms with Crippen molar-refractivity contribution < 1.29 is 0 Å². The van der Waals surface area contributed by atoms with Crippen molar-refractivity contribution in [2.45, 2.75) is 52.5 Å². The van der Waals surface area contributed by atoms with E-state index in [1.807, 2.05) is 16.6 Å². The van der Waals surface area contributed by atoms with Gasteiger partial charge in [0.05, 0.1) is 17.7 Å². The van der Waals surface area contributed by atoms with Crippen molar-refractivity contribution in [1.29, 1.82) is 0 Å². The van der Waals surface area contributed by atoms with Crippen molar-refractivity contribution in [1.82, 2.24) is 18.7 Å². The van der Waals surface area contributed by atoms with Crippen molar-refractivity contribution in [3.8, 4) is 0 Å². The molecule has 2 rings (SSSR count). The van der Waals surface area contributed by atoms with Crippen LogP contribution in [0.5, 0.6) is 0 Å². The third kappa shape index (κ3) is 3.66. The second kappa shape index (κ2) is 6.48. The van der Waals surface area contributed by atoms with E-state index in [2.05, 4.69) is 61.5 Å². The SMILES string of the molecule is CC(C)c1ccn(SCC(C)c2cn(C(C)C)cn2)n1. The summed E-state index contributed by atoms with van der Waals surface area (Å²) in [5.41, 5.74) is 2.30. The standard InChI is InChI=1S/C15H24N4S/c1-11(2)14-6-7-19(17-14)20-9-13(5)15-8-18(10-16-15)12(3)4/h6-8,10-13H,9H2,1-5H3. The molecule has 1 unspecified atom stereocenters. The molecule has 2 aromatic heterocycles. The van der Waals surface area contributed by atoms with E-state index < -0.39 is 0 Å². The van der Waals surface area contributed by atoms with Crippen molar-refractivity contribution in [2.75, 3.05) is 5.75 Å². The molecular formula is C15H24N4S. The van der Waals surface area contributed by atoms with Gasteiger partial charge in [-0.15, -0.1) is 0 Å². The third-order valence-corrected chi connectivity index (χ3v) is 4.47. The van der Waals surface area contributed by atoms with E-state index in [-0.39, 0.29) is 0 Å². The summed E-state index contributed by atoms with van der Waals surface area (Å²) >= 11 is 1.74. The van der Waals surface area contributed by atoms with Gasteiger partial charge in [-0.2, -0.15) is 5.10 Å². The summed E-state index contributed by atoms with van der Waals surface area (Å²) in [5.74, 6) is 1.89. The molecule has 0 amide bonds. The Kier molecular flexibility index (Phi) is 4.91. The van der Waals surface area contributed by atoms with E-state index in [9.17, 15) is 0 Å². The quantitative estimate of drug-likeness (QED) is 0.804. The fourth-order valence-corrected chi connectivity index (χ4v) is 2.71. The van der Waals surface area contributed by atoms with Crippen LogP contribution in [0.3, 0.4) is 0 Å². The highest BCUT2D eigenvalue weighted by atomic mass is 32.2. The average Bonchev–Trinajstić information content (AvgIpc) is 3.05. The van der Waals surface area contributed by atoms with Crippen LogP contribution < -0.4 is 0 Å².